The normalized spacial score (nSPS) is 18.4. The molecule has 2 N–H and O–H groups in total. The summed E-state index contributed by atoms with van der Waals surface area (Å²) in [6, 6.07) is 21.9. The number of fused-ring (bicyclic) bond motifs is 1. The number of nitrogens with one attached hydrogen (secondary N) is 1. The molecule has 39 heavy (non-hydrogen) atoms. The maximum Gasteiger partial charge on any atom is 0.303 e. The number of amides is 1. The number of carboxylic acids is 1. The van der Waals surface area contributed by atoms with Crippen molar-refractivity contribution >= 4 is 29.0 Å². The van der Waals surface area contributed by atoms with E-state index in [1.807, 2.05) is 60.7 Å². The summed E-state index contributed by atoms with van der Waals surface area (Å²) in [4.78, 5) is 40.8. The fourth-order valence-corrected chi connectivity index (χ4v) is 5.50. The van der Waals surface area contributed by atoms with Crippen LogP contribution in [-0.4, -0.2) is 37.0 Å². The zero-order chi connectivity index (χ0) is 27.5. The van der Waals surface area contributed by atoms with Crippen molar-refractivity contribution < 1.29 is 29.0 Å². The smallest absolute Gasteiger partial charge is 0.303 e. The van der Waals surface area contributed by atoms with E-state index < -0.39 is 17.9 Å². The van der Waals surface area contributed by atoms with Crippen molar-refractivity contribution in [3.05, 3.63) is 95.2 Å². The lowest BCUT2D eigenvalue weighted by molar-refractivity contribution is -0.138. The number of hydrogen-bond donors (Lipinski definition) is 2. The Hall–Kier alpha value is -4.59. The number of carboxylic acid groups (broad SMARTS) is 1. The van der Waals surface area contributed by atoms with Crippen LogP contribution in [0.5, 0.6) is 11.5 Å². The number of nitrogens with zero attached hydrogens (tertiary/aromatic N) is 1. The summed E-state index contributed by atoms with van der Waals surface area (Å²) >= 11 is 0. The SMILES string of the molecule is COc1ccc([C@H]2C3=C(C[C@H](c4ccccc4)CC3=O)Nc3ccccc3N2C(=O)CCC(=O)O)cc1OC. The van der Waals surface area contributed by atoms with E-state index in [1.54, 1.807) is 24.1 Å². The van der Waals surface area contributed by atoms with Crippen molar-refractivity contribution in [3.8, 4) is 11.5 Å². The number of anilines is 2. The molecule has 0 spiro atoms. The average molecular weight is 527 g/mol. The van der Waals surface area contributed by atoms with Crippen LogP contribution in [0, 0.1) is 0 Å². The predicted molar refractivity (Wildman–Crippen MR) is 147 cm³/mol. The van der Waals surface area contributed by atoms with Crippen LogP contribution in [0.2, 0.25) is 0 Å². The average Bonchev–Trinajstić information content (AvgIpc) is 3.10. The molecule has 0 bridgehead atoms. The molecule has 0 saturated carbocycles. The Morgan fingerprint density at radius 2 is 1.62 bits per heavy atom. The summed E-state index contributed by atoms with van der Waals surface area (Å²) < 4.78 is 11.0. The zero-order valence-electron chi connectivity index (χ0n) is 21.8. The molecule has 2 aliphatic rings. The summed E-state index contributed by atoms with van der Waals surface area (Å²) in [5.74, 6) is -0.556. The van der Waals surface area contributed by atoms with Crippen LogP contribution in [0.15, 0.2) is 84.1 Å². The molecular formula is C31H30N2O6. The van der Waals surface area contributed by atoms with Crippen molar-refractivity contribution in [3.63, 3.8) is 0 Å². The molecule has 3 aromatic carbocycles. The van der Waals surface area contributed by atoms with Gasteiger partial charge < -0.3 is 19.9 Å². The Balaban J connectivity index is 1.71. The van der Waals surface area contributed by atoms with Crippen LogP contribution in [0.25, 0.3) is 0 Å². The Morgan fingerprint density at radius 1 is 0.897 bits per heavy atom. The minimum absolute atomic E-state index is 0.0163. The molecule has 1 aliphatic heterocycles. The van der Waals surface area contributed by atoms with Crippen LogP contribution in [0.1, 0.15) is 48.8 Å². The van der Waals surface area contributed by atoms with E-state index in [-0.39, 0.29) is 24.5 Å². The number of carbonyl (C=O) groups is 3. The van der Waals surface area contributed by atoms with Crippen LogP contribution in [-0.2, 0) is 14.4 Å². The highest BCUT2D eigenvalue weighted by Gasteiger charge is 2.41. The van der Waals surface area contributed by atoms with Crippen molar-refractivity contribution in [2.45, 2.75) is 37.6 Å². The molecule has 0 radical (unpaired) electrons. The number of aliphatic carboxylic acids is 1. The quantitative estimate of drug-likeness (QED) is 0.421. The van der Waals surface area contributed by atoms with Gasteiger partial charge in [0.1, 0.15) is 0 Å². The fraction of sp³-hybridized carbons (Fsp3) is 0.258. The monoisotopic (exact) mass is 526 g/mol. The number of allylic oxidation sites excluding steroid dienone is 1. The van der Waals surface area contributed by atoms with Gasteiger partial charge in [0.15, 0.2) is 17.3 Å². The minimum Gasteiger partial charge on any atom is -0.493 e. The zero-order valence-corrected chi connectivity index (χ0v) is 21.8. The van der Waals surface area contributed by atoms with Crippen molar-refractivity contribution in [1.82, 2.24) is 0 Å². The molecule has 1 amide bonds. The second-order valence-corrected chi connectivity index (χ2v) is 9.65. The Bertz CT molecular complexity index is 1450. The van der Waals surface area contributed by atoms with Gasteiger partial charge in [0.25, 0.3) is 0 Å². The van der Waals surface area contributed by atoms with Crippen molar-refractivity contribution in [2.75, 3.05) is 24.4 Å². The number of carbonyl (C=O) groups excluding carboxylic acids is 2. The highest BCUT2D eigenvalue weighted by atomic mass is 16.5. The maximum atomic E-state index is 14.0. The first-order valence-corrected chi connectivity index (χ1v) is 12.8. The molecule has 1 aliphatic carbocycles. The molecule has 3 aromatic rings. The standard InChI is InChI=1S/C31H30N2O6/c1-38-26-13-12-20(18-27(26)39-2)31-30-23(16-21(17-25(30)34)19-8-4-3-5-9-19)32-22-10-6-7-11-24(22)33(31)28(35)14-15-29(36)37/h3-13,18,21,31-32H,14-17H2,1-2H3,(H,36,37)/t21-,31-/m0/s1. The summed E-state index contributed by atoms with van der Waals surface area (Å²) in [6.45, 7) is 0. The number of rotatable bonds is 7. The summed E-state index contributed by atoms with van der Waals surface area (Å²) in [6.07, 6.45) is 0.346. The van der Waals surface area contributed by atoms with Crippen LogP contribution in [0.4, 0.5) is 11.4 Å². The van der Waals surface area contributed by atoms with E-state index in [2.05, 4.69) is 5.32 Å². The van der Waals surface area contributed by atoms with Gasteiger partial charge in [0.05, 0.1) is 38.1 Å². The predicted octanol–water partition coefficient (Wildman–Crippen LogP) is 5.47. The lowest BCUT2D eigenvalue weighted by Crippen LogP contribution is -2.38. The molecule has 0 saturated heterocycles. The van der Waals surface area contributed by atoms with E-state index >= 15 is 0 Å². The Kier molecular flexibility index (Phi) is 7.36. The third kappa shape index (κ3) is 5.10. The number of para-hydroxylation sites is 2. The Morgan fingerprint density at radius 3 is 2.33 bits per heavy atom. The molecule has 5 rings (SSSR count). The number of benzene rings is 3. The van der Waals surface area contributed by atoms with Gasteiger partial charge in [-0.3, -0.25) is 19.3 Å². The molecule has 0 fully saturated rings. The number of ether oxygens (including phenoxy) is 2. The summed E-state index contributed by atoms with van der Waals surface area (Å²) in [7, 11) is 3.07. The highest BCUT2D eigenvalue weighted by molar-refractivity contribution is 6.06. The first-order valence-electron chi connectivity index (χ1n) is 12.8. The molecule has 2 atom stereocenters. The van der Waals surface area contributed by atoms with Crippen LogP contribution in [0.3, 0.4) is 0 Å². The minimum atomic E-state index is -1.06. The van der Waals surface area contributed by atoms with Gasteiger partial charge in [0.2, 0.25) is 5.91 Å². The van der Waals surface area contributed by atoms with E-state index in [9.17, 15) is 19.5 Å². The number of ketones is 1. The first kappa shape index (κ1) is 26.0. The van der Waals surface area contributed by atoms with Crippen molar-refractivity contribution in [1.29, 1.82) is 0 Å². The molecule has 0 aromatic heterocycles. The first-order chi connectivity index (χ1) is 18.9. The van der Waals surface area contributed by atoms with E-state index in [0.717, 1.165) is 11.3 Å². The second kappa shape index (κ2) is 11.0. The highest BCUT2D eigenvalue weighted by Crippen LogP contribution is 2.48. The molecular weight excluding hydrogens is 496 g/mol. The van der Waals surface area contributed by atoms with Gasteiger partial charge in [-0.05, 0) is 47.7 Å². The second-order valence-electron chi connectivity index (χ2n) is 9.65. The third-order valence-corrected chi connectivity index (χ3v) is 7.30. The van der Waals surface area contributed by atoms with Gasteiger partial charge in [-0.25, -0.2) is 0 Å². The van der Waals surface area contributed by atoms with E-state index in [0.29, 0.717) is 46.9 Å². The van der Waals surface area contributed by atoms with Gasteiger partial charge in [-0.2, -0.15) is 0 Å². The fourth-order valence-electron chi connectivity index (χ4n) is 5.50. The molecule has 8 heteroatoms. The van der Waals surface area contributed by atoms with Gasteiger partial charge in [-0.15, -0.1) is 0 Å². The van der Waals surface area contributed by atoms with E-state index in [1.165, 1.54) is 7.11 Å². The number of hydrogen-bond acceptors (Lipinski definition) is 6. The number of Topliss-reactive ketones (excluding diaryl/α,β-unsaturated/α-hetero) is 1. The van der Waals surface area contributed by atoms with Crippen LogP contribution >= 0.6 is 0 Å². The maximum absolute atomic E-state index is 14.0. The number of methoxy groups -OCH3 is 2. The molecule has 1 heterocycles. The van der Waals surface area contributed by atoms with E-state index in [4.69, 9.17) is 9.47 Å². The van der Waals surface area contributed by atoms with Gasteiger partial charge >= 0.3 is 5.97 Å². The topological polar surface area (TPSA) is 105 Å². The Labute approximate surface area is 226 Å². The molecule has 8 nitrogen and oxygen atoms in total. The van der Waals surface area contributed by atoms with Gasteiger partial charge in [0, 0.05) is 24.1 Å². The third-order valence-electron chi connectivity index (χ3n) is 7.30. The van der Waals surface area contributed by atoms with Crippen LogP contribution < -0.4 is 19.7 Å². The lowest BCUT2D eigenvalue weighted by Gasteiger charge is -2.35. The lowest BCUT2D eigenvalue weighted by atomic mass is 9.78. The van der Waals surface area contributed by atoms with Crippen molar-refractivity contribution in [2.24, 2.45) is 0 Å². The summed E-state index contributed by atoms with van der Waals surface area (Å²) in [5, 5.41) is 12.8. The summed E-state index contributed by atoms with van der Waals surface area (Å²) in [5.41, 5.74) is 4.24. The largest absolute Gasteiger partial charge is 0.493 e. The van der Waals surface area contributed by atoms with Gasteiger partial charge in [-0.1, -0.05) is 48.5 Å². The molecule has 0 unspecified atom stereocenters. The molecule has 200 valence electrons.